The van der Waals surface area contributed by atoms with Crippen molar-refractivity contribution < 1.29 is 22.8 Å². The van der Waals surface area contributed by atoms with Gasteiger partial charge in [0.05, 0.1) is 16.9 Å². The summed E-state index contributed by atoms with van der Waals surface area (Å²) in [6, 6.07) is 5.82. The molecule has 3 aliphatic rings. The summed E-state index contributed by atoms with van der Waals surface area (Å²) in [5.41, 5.74) is 0. The Morgan fingerprint density at radius 3 is 2.44 bits per heavy atom. The maximum absolute atomic E-state index is 13.4. The molecule has 224 valence electrons. The van der Waals surface area contributed by atoms with Crippen molar-refractivity contribution in [3.8, 4) is 9.75 Å². The minimum absolute atomic E-state index is 0.00138. The van der Waals surface area contributed by atoms with Crippen LogP contribution in [-0.2, 0) is 24.4 Å². The van der Waals surface area contributed by atoms with Crippen molar-refractivity contribution in [2.75, 3.05) is 46.8 Å². The maximum Gasteiger partial charge on any atom is 0.250 e. The predicted octanol–water partition coefficient (Wildman–Crippen LogP) is 2.94. The molecule has 0 aliphatic carbocycles. The average Bonchev–Trinajstić information content (AvgIpc) is 3.73. The van der Waals surface area contributed by atoms with Gasteiger partial charge in [-0.2, -0.15) is 4.72 Å². The predicted molar refractivity (Wildman–Crippen MR) is 161 cm³/mol. The van der Waals surface area contributed by atoms with Crippen molar-refractivity contribution in [1.82, 2.24) is 24.3 Å². The summed E-state index contributed by atoms with van der Waals surface area (Å²) >= 11 is 8.52. The monoisotopic (exact) mass is 641 g/mol. The molecular weight excluding hydrogens is 606 g/mol. The van der Waals surface area contributed by atoms with Crippen LogP contribution in [0.15, 0.2) is 28.5 Å². The molecule has 41 heavy (non-hydrogen) atoms. The van der Waals surface area contributed by atoms with Crippen LogP contribution in [0.25, 0.3) is 9.75 Å². The van der Waals surface area contributed by atoms with Crippen molar-refractivity contribution in [2.45, 2.75) is 60.9 Å². The third kappa shape index (κ3) is 6.80. The number of hydrogen-bond donors (Lipinski definition) is 1. The Balaban J connectivity index is 1.19. The third-order valence-electron chi connectivity index (χ3n) is 8.05. The van der Waals surface area contributed by atoms with E-state index in [1.165, 1.54) is 22.3 Å². The Labute approximate surface area is 254 Å². The number of nitrogens with one attached hydrogen (secondary N) is 1. The lowest BCUT2D eigenvalue weighted by atomic mass is 10.1. The Bertz CT molecular complexity index is 1390. The second kappa shape index (κ2) is 12.7. The van der Waals surface area contributed by atoms with Crippen LogP contribution in [0, 0.1) is 0 Å². The first kappa shape index (κ1) is 30.4. The Kier molecular flexibility index (Phi) is 9.41. The highest BCUT2D eigenvalue weighted by Gasteiger charge is 2.39. The number of thiophene rings is 2. The number of piperidine rings is 1. The summed E-state index contributed by atoms with van der Waals surface area (Å²) in [5, 5.41) is 0. The second-order valence-electron chi connectivity index (χ2n) is 11.1. The molecule has 5 heterocycles. The lowest BCUT2D eigenvalue weighted by Gasteiger charge is -2.35. The van der Waals surface area contributed by atoms with Crippen LogP contribution in [-0.4, -0.2) is 111 Å². The minimum atomic E-state index is -3.92. The van der Waals surface area contributed by atoms with Crippen LogP contribution in [0.1, 0.15) is 38.5 Å². The SMILES string of the molecule is CN(C)C(=O)[C@@H]1CCCN1C[C@@H]1CCCN1C(=O)CN1CCC[C@H](NS(=O)(=O)c2ccc(-c3ccc(Cl)s3)s2)C1=O. The van der Waals surface area contributed by atoms with E-state index in [9.17, 15) is 22.8 Å². The van der Waals surface area contributed by atoms with Gasteiger partial charge in [-0.15, -0.1) is 22.7 Å². The highest BCUT2D eigenvalue weighted by Crippen LogP contribution is 2.37. The molecule has 2 aromatic heterocycles. The summed E-state index contributed by atoms with van der Waals surface area (Å²) in [7, 11) is -0.380. The van der Waals surface area contributed by atoms with E-state index < -0.39 is 16.1 Å². The fourth-order valence-electron chi connectivity index (χ4n) is 6.00. The molecule has 2 aromatic rings. The number of likely N-dealkylation sites (N-methyl/N-ethyl adjacent to an activating group) is 1. The number of carbonyl (C=O) groups is 3. The first-order chi connectivity index (χ1) is 19.5. The van der Waals surface area contributed by atoms with Crippen LogP contribution >= 0.6 is 34.3 Å². The number of nitrogens with zero attached hydrogens (tertiary/aromatic N) is 4. The fraction of sp³-hybridized carbons (Fsp3) is 0.593. The smallest absolute Gasteiger partial charge is 0.250 e. The molecule has 5 rings (SSSR count). The normalized spacial score (nSPS) is 23.9. The highest BCUT2D eigenvalue weighted by atomic mass is 35.5. The Morgan fingerprint density at radius 1 is 1.00 bits per heavy atom. The molecule has 3 amide bonds. The molecule has 0 aromatic carbocycles. The van der Waals surface area contributed by atoms with Gasteiger partial charge in [0, 0.05) is 49.5 Å². The lowest BCUT2D eigenvalue weighted by molar-refractivity contribution is -0.143. The Morgan fingerprint density at radius 2 is 1.71 bits per heavy atom. The summed E-state index contributed by atoms with van der Waals surface area (Å²) in [6.07, 6.45) is 4.51. The fourth-order valence-corrected chi connectivity index (χ4v) is 9.68. The number of halogens is 1. The van der Waals surface area contributed by atoms with Gasteiger partial charge in [-0.05, 0) is 69.3 Å². The molecule has 1 N–H and O–H groups in total. The highest BCUT2D eigenvalue weighted by molar-refractivity contribution is 7.91. The van der Waals surface area contributed by atoms with Gasteiger partial charge in [-0.3, -0.25) is 19.3 Å². The van der Waals surface area contributed by atoms with E-state index in [0.717, 1.165) is 53.3 Å². The van der Waals surface area contributed by atoms with Gasteiger partial charge in [0.2, 0.25) is 17.7 Å². The van der Waals surface area contributed by atoms with Crippen molar-refractivity contribution in [3.05, 3.63) is 28.6 Å². The lowest BCUT2D eigenvalue weighted by Crippen LogP contribution is -2.55. The van der Waals surface area contributed by atoms with E-state index in [1.807, 2.05) is 11.0 Å². The second-order valence-corrected chi connectivity index (χ2v) is 15.8. The van der Waals surface area contributed by atoms with Gasteiger partial charge in [0.1, 0.15) is 10.3 Å². The number of carbonyl (C=O) groups excluding carboxylic acids is 3. The summed E-state index contributed by atoms with van der Waals surface area (Å²) in [5.74, 6) is -0.404. The van der Waals surface area contributed by atoms with Crippen LogP contribution in [0.5, 0.6) is 0 Å². The van der Waals surface area contributed by atoms with E-state index in [2.05, 4.69) is 9.62 Å². The molecule has 0 spiro atoms. The Hall–Kier alpha value is -2.03. The van der Waals surface area contributed by atoms with E-state index in [1.54, 1.807) is 31.1 Å². The molecule has 3 atom stereocenters. The van der Waals surface area contributed by atoms with E-state index in [-0.39, 0.29) is 40.6 Å². The molecule has 3 saturated heterocycles. The van der Waals surface area contributed by atoms with Crippen molar-refractivity contribution >= 4 is 62.0 Å². The number of rotatable bonds is 9. The third-order valence-corrected chi connectivity index (χ3v) is 12.5. The summed E-state index contributed by atoms with van der Waals surface area (Å²) < 4.78 is 29.7. The molecule has 0 saturated carbocycles. The molecule has 3 aliphatic heterocycles. The number of hydrogen-bond acceptors (Lipinski definition) is 8. The van der Waals surface area contributed by atoms with Gasteiger partial charge in [-0.25, -0.2) is 8.42 Å². The topological polar surface area (TPSA) is 110 Å². The molecule has 0 unspecified atom stereocenters. The number of sulfonamides is 1. The number of likely N-dealkylation sites (tertiary alicyclic amines) is 3. The van der Waals surface area contributed by atoms with Crippen LogP contribution in [0.4, 0.5) is 0 Å². The van der Waals surface area contributed by atoms with E-state index in [0.29, 0.717) is 36.8 Å². The van der Waals surface area contributed by atoms with Crippen LogP contribution < -0.4 is 4.72 Å². The first-order valence-corrected chi connectivity index (χ1v) is 17.4. The standard InChI is InChI=1S/C27H36ClN5O5S3/c1-30(2)27(36)20-8-5-13-31(20)16-18-6-3-15-33(18)24(34)17-32-14-4-7-19(26(32)35)29-41(37,38)25-12-10-22(40-25)21-9-11-23(28)39-21/h9-12,18-20,29H,3-8,13-17H2,1-2H3/t18-,19-,20-/m0/s1. The summed E-state index contributed by atoms with van der Waals surface area (Å²) in [4.78, 5) is 48.2. The van der Waals surface area contributed by atoms with Crippen LogP contribution in [0.3, 0.4) is 0 Å². The van der Waals surface area contributed by atoms with Crippen molar-refractivity contribution in [1.29, 1.82) is 0 Å². The summed E-state index contributed by atoms with van der Waals surface area (Å²) in [6.45, 7) is 2.44. The van der Waals surface area contributed by atoms with Crippen LogP contribution in [0.2, 0.25) is 4.34 Å². The minimum Gasteiger partial charge on any atom is -0.347 e. The zero-order chi connectivity index (χ0) is 29.3. The number of amides is 3. The van der Waals surface area contributed by atoms with Crippen molar-refractivity contribution in [2.24, 2.45) is 0 Å². The zero-order valence-corrected chi connectivity index (χ0v) is 26.5. The van der Waals surface area contributed by atoms with Gasteiger partial charge in [0.25, 0.3) is 10.0 Å². The average molecular weight is 642 g/mol. The van der Waals surface area contributed by atoms with Gasteiger partial charge in [-0.1, -0.05) is 11.6 Å². The van der Waals surface area contributed by atoms with E-state index in [4.69, 9.17) is 11.6 Å². The van der Waals surface area contributed by atoms with Gasteiger partial charge < -0.3 is 14.7 Å². The van der Waals surface area contributed by atoms with Crippen molar-refractivity contribution in [3.63, 3.8) is 0 Å². The molecule has 10 nitrogen and oxygen atoms in total. The first-order valence-electron chi connectivity index (χ1n) is 13.9. The molecule has 0 bridgehead atoms. The molecule has 0 radical (unpaired) electrons. The zero-order valence-electron chi connectivity index (χ0n) is 23.3. The van der Waals surface area contributed by atoms with Gasteiger partial charge in [0.15, 0.2) is 0 Å². The molecule has 3 fully saturated rings. The largest absolute Gasteiger partial charge is 0.347 e. The maximum atomic E-state index is 13.4. The van der Waals surface area contributed by atoms with E-state index >= 15 is 0 Å². The quantitative estimate of drug-likeness (QED) is 0.451. The molecular formula is C27H36ClN5O5S3. The molecule has 14 heteroatoms. The van der Waals surface area contributed by atoms with Gasteiger partial charge >= 0.3 is 0 Å².